The van der Waals surface area contributed by atoms with Crippen LogP contribution in [0.15, 0.2) is 34.1 Å². The summed E-state index contributed by atoms with van der Waals surface area (Å²) < 4.78 is 13.2. The van der Waals surface area contributed by atoms with Crippen LogP contribution in [0.25, 0.3) is 0 Å². The molecule has 0 radical (unpaired) electrons. The molecule has 48 heavy (non-hydrogen) atoms. The maximum atomic E-state index is 6.60. The van der Waals surface area contributed by atoms with E-state index in [-0.39, 0.29) is 11.2 Å². The molecule has 0 bridgehead atoms. The van der Waals surface area contributed by atoms with Gasteiger partial charge < -0.3 is 9.47 Å². The Hall–Kier alpha value is -1.26. The molecule has 6 atom stereocenters. The van der Waals surface area contributed by atoms with Crippen molar-refractivity contribution in [3.05, 3.63) is 46.5 Å². The van der Waals surface area contributed by atoms with Gasteiger partial charge in [-0.2, -0.15) is 0 Å². The van der Waals surface area contributed by atoms with Crippen molar-refractivity contribution in [2.24, 2.45) is 23.7 Å². The van der Waals surface area contributed by atoms with Gasteiger partial charge in [-0.05, 0) is 151 Å². The Morgan fingerprint density at radius 3 is 1.35 bits per heavy atom. The van der Waals surface area contributed by atoms with E-state index in [0.29, 0.717) is 23.7 Å². The van der Waals surface area contributed by atoms with Gasteiger partial charge in [0.25, 0.3) is 0 Å². The number of aryl methyl sites for hydroxylation is 2. The zero-order valence-electron chi connectivity index (χ0n) is 32.3. The SMILES string of the molecule is CCCCCc1cc2c(c(SC)c1)[C@@H]1C[C@@H](C)CC[C@H]1C(C)(C)O2.CCCCCc1cc2c(c(SC)c1)[C@@H]1C[C@H](C)CC[C@H]1C(C)(C)O2. The maximum Gasteiger partial charge on any atom is 0.125 e. The highest BCUT2D eigenvalue weighted by molar-refractivity contribution is 7.98. The Balaban J connectivity index is 0.000000188. The molecule has 2 nitrogen and oxygen atoms in total. The topological polar surface area (TPSA) is 18.5 Å². The van der Waals surface area contributed by atoms with Gasteiger partial charge in [0.1, 0.15) is 22.7 Å². The molecule has 0 aromatic heterocycles. The highest BCUT2D eigenvalue weighted by atomic mass is 32.2. The number of rotatable bonds is 10. The van der Waals surface area contributed by atoms with Crippen LogP contribution in [-0.2, 0) is 12.8 Å². The van der Waals surface area contributed by atoms with E-state index >= 15 is 0 Å². The predicted molar refractivity (Wildman–Crippen MR) is 211 cm³/mol. The van der Waals surface area contributed by atoms with Crippen molar-refractivity contribution in [2.75, 3.05) is 12.5 Å². The second-order valence-corrected chi connectivity index (χ2v) is 18.7. The van der Waals surface area contributed by atoms with Crippen LogP contribution < -0.4 is 9.47 Å². The lowest BCUT2D eigenvalue weighted by Crippen LogP contribution is -2.46. The molecule has 0 spiro atoms. The zero-order valence-corrected chi connectivity index (χ0v) is 33.9. The highest BCUT2D eigenvalue weighted by Crippen LogP contribution is 2.56. The lowest BCUT2D eigenvalue weighted by Gasteiger charge is -2.49. The average Bonchev–Trinajstić information content (AvgIpc) is 3.03. The molecular formula is C44H68O2S2. The zero-order chi connectivity index (χ0) is 34.6. The molecule has 268 valence electrons. The number of ether oxygens (including phenoxy) is 2. The molecule has 2 heterocycles. The number of hydrogen-bond donors (Lipinski definition) is 0. The van der Waals surface area contributed by atoms with Crippen molar-refractivity contribution in [1.29, 1.82) is 0 Å². The number of hydrogen-bond acceptors (Lipinski definition) is 4. The Labute approximate surface area is 304 Å². The van der Waals surface area contributed by atoms with Crippen molar-refractivity contribution in [3.63, 3.8) is 0 Å². The van der Waals surface area contributed by atoms with Gasteiger partial charge in [0, 0.05) is 32.8 Å². The number of thioether (sulfide) groups is 2. The van der Waals surface area contributed by atoms with E-state index < -0.39 is 0 Å². The van der Waals surface area contributed by atoms with Gasteiger partial charge in [0.05, 0.1) is 0 Å². The van der Waals surface area contributed by atoms with Gasteiger partial charge in [-0.25, -0.2) is 0 Å². The predicted octanol–water partition coefficient (Wildman–Crippen LogP) is 13.7. The molecule has 6 rings (SSSR count). The van der Waals surface area contributed by atoms with Crippen LogP contribution >= 0.6 is 23.5 Å². The van der Waals surface area contributed by atoms with Crippen LogP contribution in [0, 0.1) is 23.7 Å². The molecule has 0 amide bonds. The number of fused-ring (bicyclic) bond motifs is 6. The first kappa shape index (κ1) is 38.0. The third-order valence-corrected chi connectivity index (χ3v) is 14.0. The molecule has 2 aromatic rings. The van der Waals surface area contributed by atoms with Crippen molar-refractivity contribution < 1.29 is 9.47 Å². The molecular weight excluding hydrogens is 625 g/mol. The normalized spacial score (nSPS) is 28.0. The van der Waals surface area contributed by atoms with Crippen LogP contribution in [0.3, 0.4) is 0 Å². The summed E-state index contributed by atoms with van der Waals surface area (Å²) >= 11 is 3.83. The van der Waals surface area contributed by atoms with Crippen LogP contribution in [0.5, 0.6) is 11.5 Å². The van der Waals surface area contributed by atoms with Gasteiger partial charge >= 0.3 is 0 Å². The summed E-state index contributed by atoms with van der Waals surface area (Å²) in [6.45, 7) is 18.6. The van der Waals surface area contributed by atoms with E-state index in [1.165, 1.54) is 133 Å². The van der Waals surface area contributed by atoms with Crippen LogP contribution in [-0.4, -0.2) is 23.7 Å². The fourth-order valence-corrected chi connectivity index (χ4v) is 11.3. The maximum absolute atomic E-state index is 6.60. The number of benzene rings is 2. The summed E-state index contributed by atoms with van der Waals surface area (Å²) in [7, 11) is 0. The minimum atomic E-state index is -0.0322. The van der Waals surface area contributed by atoms with Crippen molar-refractivity contribution in [3.8, 4) is 11.5 Å². The lowest BCUT2D eigenvalue weighted by atomic mass is 9.64. The first-order valence-corrected chi connectivity index (χ1v) is 22.2. The van der Waals surface area contributed by atoms with E-state index in [0.717, 1.165) is 11.8 Å². The minimum absolute atomic E-state index is 0.0322. The van der Waals surface area contributed by atoms with Crippen LogP contribution in [0.1, 0.15) is 167 Å². The first-order chi connectivity index (χ1) is 22.9. The second kappa shape index (κ2) is 16.4. The molecule has 4 heteroatoms. The van der Waals surface area contributed by atoms with Crippen molar-refractivity contribution in [2.45, 2.75) is 178 Å². The second-order valence-electron chi connectivity index (χ2n) is 17.0. The van der Waals surface area contributed by atoms with E-state index in [1.54, 1.807) is 0 Å². The van der Waals surface area contributed by atoms with Gasteiger partial charge in [0.2, 0.25) is 0 Å². The van der Waals surface area contributed by atoms with Crippen molar-refractivity contribution in [1.82, 2.24) is 0 Å². The summed E-state index contributed by atoms with van der Waals surface area (Å²) in [6.07, 6.45) is 22.6. The van der Waals surface area contributed by atoms with Gasteiger partial charge in [-0.1, -0.05) is 66.2 Å². The molecule has 0 unspecified atom stereocenters. The fourth-order valence-electron chi connectivity index (χ4n) is 9.78. The van der Waals surface area contributed by atoms with Gasteiger partial charge in [0.15, 0.2) is 0 Å². The standard InChI is InChI=1S/2C22H34OS/c2*1-6-7-8-9-16-13-19-21(20(14-16)24-5)17-12-15(2)10-11-18(17)22(3,4)23-19/h2*13-15,17-18H,6-12H2,1-5H3/t15-,17+,18+;15-,17-,18-/m01/s1. The van der Waals surface area contributed by atoms with E-state index in [1.807, 2.05) is 23.5 Å². The number of unbranched alkanes of at least 4 members (excludes halogenated alkanes) is 4. The first-order valence-electron chi connectivity index (χ1n) is 19.7. The molecule has 2 aromatic carbocycles. The largest absolute Gasteiger partial charge is 0.487 e. The Kier molecular flexibility index (Phi) is 13.0. The van der Waals surface area contributed by atoms with E-state index in [9.17, 15) is 0 Å². The third-order valence-electron chi connectivity index (χ3n) is 12.4. The van der Waals surface area contributed by atoms with Crippen molar-refractivity contribution >= 4 is 23.5 Å². The van der Waals surface area contributed by atoms with E-state index in [2.05, 4.69) is 92.2 Å². The van der Waals surface area contributed by atoms with Gasteiger partial charge in [-0.3, -0.25) is 0 Å². The molecule has 2 fully saturated rings. The Morgan fingerprint density at radius 1 is 0.604 bits per heavy atom. The molecule has 2 aliphatic carbocycles. The monoisotopic (exact) mass is 692 g/mol. The smallest absolute Gasteiger partial charge is 0.125 e. The summed E-state index contributed by atoms with van der Waals surface area (Å²) in [4.78, 5) is 2.94. The molecule has 4 aliphatic rings. The Bertz CT molecular complexity index is 1260. The summed E-state index contributed by atoms with van der Waals surface area (Å²) in [5, 5.41) is 0. The third kappa shape index (κ3) is 8.43. The molecule has 0 saturated heterocycles. The van der Waals surface area contributed by atoms with Crippen LogP contribution in [0.4, 0.5) is 0 Å². The quantitative estimate of drug-likeness (QED) is 0.182. The average molecular weight is 693 g/mol. The lowest BCUT2D eigenvalue weighted by molar-refractivity contribution is -0.0151. The minimum Gasteiger partial charge on any atom is -0.487 e. The molecule has 0 N–H and O–H groups in total. The highest BCUT2D eigenvalue weighted by Gasteiger charge is 2.48. The summed E-state index contributed by atoms with van der Waals surface area (Å²) in [5.74, 6) is 6.75. The molecule has 2 aliphatic heterocycles. The summed E-state index contributed by atoms with van der Waals surface area (Å²) in [6, 6.07) is 9.64. The Morgan fingerprint density at radius 2 is 1.00 bits per heavy atom. The fraction of sp³-hybridized carbons (Fsp3) is 0.727. The van der Waals surface area contributed by atoms with Gasteiger partial charge in [-0.15, -0.1) is 23.5 Å². The van der Waals surface area contributed by atoms with Crippen LogP contribution in [0.2, 0.25) is 0 Å². The molecule has 2 saturated carbocycles. The summed E-state index contributed by atoms with van der Waals surface area (Å²) in [5.41, 5.74) is 5.91. The van der Waals surface area contributed by atoms with E-state index in [4.69, 9.17) is 9.47 Å².